The van der Waals surface area contributed by atoms with E-state index in [1.165, 1.54) is 4.68 Å². The smallest absolute Gasteiger partial charge is 0.220 e. The molecule has 1 heterocycles. The van der Waals surface area contributed by atoms with Gasteiger partial charge in [-0.25, -0.2) is 4.68 Å². The molecule has 0 fully saturated rings. The summed E-state index contributed by atoms with van der Waals surface area (Å²) in [7, 11) is 0. The maximum absolute atomic E-state index is 7.84. The van der Waals surface area contributed by atoms with Gasteiger partial charge in [-0.3, -0.25) is 5.41 Å². The van der Waals surface area contributed by atoms with Crippen LogP contribution in [-0.4, -0.2) is 21.5 Å². The summed E-state index contributed by atoms with van der Waals surface area (Å²) >= 11 is 0. The standard InChI is InChI=1S/C11H17N5/c1-7(12)5-8(2)14-11(13)16-10(4)6-9(3)15-16/h5-6,12H,1-4H3,(H2,13,14)/b8-5-,12-7?. The minimum absolute atomic E-state index is 0.195. The largest absolute Gasteiger partial charge is 0.329 e. The van der Waals surface area contributed by atoms with Crippen LogP contribution in [0.2, 0.25) is 0 Å². The third kappa shape index (κ3) is 3.05. The van der Waals surface area contributed by atoms with Crippen LogP contribution in [-0.2, 0) is 0 Å². The van der Waals surface area contributed by atoms with Crippen molar-refractivity contribution >= 4 is 11.7 Å². The van der Waals surface area contributed by atoms with E-state index >= 15 is 0 Å². The zero-order valence-electron chi connectivity index (χ0n) is 10.0. The van der Waals surface area contributed by atoms with Crippen LogP contribution in [0.25, 0.3) is 0 Å². The summed E-state index contributed by atoms with van der Waals surface area (Å²) in [6, 6.07) is 1.91. The summed E-state index contributed by atoms with van der Waals surface area (Å²) in [6.07, 6.45) is 1.67. The van der Waals surface area contributed by atoms with Gasteiger partial charge in [-0.05, 0) is 39.8 Å². The molecule has 86 valence electrons. The van der Waals surface area contributed by atoms with Crippen LogP contribution in [0, 0.1) is 24.7 Å². The summed E-state index contributed by atoms with van der Waals surface area (Å²) in [6.45, 7) is 7.30. The minimum Gasteiger partial charge on any atom is -0.329 e. The van der Waals surface area contributed by atoms with Gasteiger partial charge in [0.2, 0.25) is 5.96 Å². The van der Waals surface area contributed by atoms with Crippen molar-refractivity contribution < 1.29 is 0 Å². The summed E-state index contributed by atoms with van der Waals surface area (Å²) in [4.78, 5) is 0. The minimum atomic E-state index is 0.195. The van der Waals surface area contributed by atoms with E-state index in [1.54, 1.807) is 13.0 Å². The molecule has 0 aliphatic heterocycles. The summed E-state index contributed by atoms with van der Waals surface area (Å²) in [5.41, 5.74) is 3.00. The predicted molar refractivity (Wildman–Crippen MR) is 65.1 cm³/mol. The lowest BCUT2D eigenvalue weighted by molar-refractivity contribution is 0.829. The van der Waals surface area contributed by atoms with Crippen LogP contribution in [0.15, 0.2) is 17.8 Å². The molecular weight excluding hydrogens is 202 g/mol. The van der Waals surface area contributed by atoms with Gasteiger partial charge >= 0.3 is 0 Å². The Balaban J connectivity index is 2.81. The van der Waals surface area contributed by atoms with Crippen molar-refractivity contribution in [1.82, 2.24) is 15.1 Å². The molecule has 0 amide bonds. The van der Waals surface area contributed by atoms with E-state index < -0.39 is 0 Å². The second-order valence-electron chi connectivity index (χ2n) is 3.82. The lowest BCUT2D eigenvalue weighted by Gasteiger charge is -2.09. The van der Waals surface area contributed by atoms with Crippen molar-refractivity contribution in [2.75, 3.05) is 0 Å². The van der Waals surface area contributed by atoms with Crippen molar-refractivity contribution in [2.24, 2.45) is 0 Å². The Bertz CT molecular complexity index is 453. The Labute approximate surface area is 95.2 Å². The van der Waals surface area contributed by atoms with Gasteiger partial charge in [-0.15, -0.1) is 0 Å². The van der Waals surface area contributed by atoms with Crippen molar-refractivity contribution in [3.05, 3.63) is 29.2 Å². The highest BCUT2D eigenvalue weighted by atomic mass is 15.4. The number of aryl methyl sites for hydroxylation is 2. The van der Waals surface area contributed by atoms with Crippen LogP contribution >= 0.6 is 0 Å². The molecule has 1 rings (SSSR count). The first-order valence-electron chi connectivity index (χ1n) is 5.03. The molecule has 1 aromatic rings. The lowest BCUT2D eigenvalue weighted by Crippen LogP contribution is -2.29. The van der Waals surface area contributed by atoms with E-state index in [2.05, 4.69) is 10.4 Å². The number of hydrogen-bond donors (Lipinski definition) is 3. The van der Waals surface area contributed by atoms with Crippen LogP contribution in [0.1, 0.15) is 25.2 Å². The molecule has 0 saturated heterocycles. The topological polar surface area (TPSA) is 77.5 Å². The van der Waals surface area contributed by atoms with Crippen LogP contribution in [0.3, 0.4) is 0 Å². The van der Waals surface area contributed by atoms with Crippen LogP contribution < -0.4 is 5.32 Å². The highest BCUT2D eigenvalue weighted by molar-refractivity contribution is 5.91. The maximum Gasteiger partial charge on any atom is 0.220 e. The first-order chi connectivity index (χ1) is 7.40. The van der Waals surface area contributed by atoms with Crippen molar-refractivity contribution in [3.8, 4) is 0 Å². The number of rotatable bonds is 2. The molecule has 0 aliphatic carbocycles. The average molecular weight is 219 g/mol. The van der Waals surface area contributed by atoms with Gasteiger partial charge in [-0.1, -0.05) is 0 Å². The summed E-state index contributed by atoms with van der Waals surface area (Å²) < 4.78 is 1.53. The molecule has 0 atom stereocenters. The molecule has 1 aromatic heterocycles. The van der Waals surface area contributed by atoms with Gasteiger partial charge in [-0.2, -0.15) is 5.10 Å². The molecule has 0 unspecified atom stereocenters. The fourth-order valence-electron chi connectivity index (χ4n) is 1.46. The monoisotopic (exact) mass is 219 g/mol. The molecule has 3 N–H and O–H groups in total. The molecule has 0 spiro atoms. The fourth-order valence-corrected chi connectivity index (χ4v) is 1.46. The van der Waals surface area contributed by atoms with Gasteiger partial charge in [0.15, 0.2) is 0 Å². The molecule has 0 radical (unpaired) electrons. The maximum atomic E-state index is 7.84. The predicted octanol–water partition coefficient (Wildman–Crippen LogP) is 1.82. The molecule has 0 aliphatic rings. The average Bonchev–Trinajstić information content (AvgIpc) is 2.43. The van der Waals surface area contributed by atoms with Crippen LogP contribution in [0.5, 0.6) is 0 Å². The van der Waals surface area contributed by atoms with E-state index in [1.807, 2.05) is 26.8 Å². The third-order valence-corrected chi connectivity index (χ3v) is 1.97. The van der Waals surface area contributed by atoms with E-state index in [0.717, 1.165) is 17.1 Å². The fraction of sp³-hybridized carbons (Fsp3) is 0.364. The molecule has 5 heteroatoms. The number of aromatic nitrogens is 2. The normalized spacial score (nSPS) is 11.4. The molecule has 0 aromatic carbocycles. The van der Waals surface area contributed by atoms with E-state index in [-0.39, 0.29) is 5.96 Å². The van der Waals surface area contributed by atoms with Crippen molar-refractivity contribution in [3.63, 3.8) is 0 Å². The molecule has 0 bridgehead atoms. The Kier molecular flexibility index (Phi) is 3.60. The Morgan fingerprint density at radius 3 is 2.44 bits per heavy atom. The lowest BCUT2D eigenvalue weighted by atomic mass is 10.3. The van der Waals surface area contributed by atoms with Crippen LogP contribution in [0.4, 0.5) is 0 Å². The molecule has 16 heavy (non-hydrogen) atoms. The second-order valence-corrected chi connectivity index (χ2v) is 3.82. The van der Waals surface area contributed by atoms with Gasteiger partial charge in [0, 0.05) is 17.1 Å². The highest BCUT2D eigenvalue weighted by Gasteiger charge is 2.06. The van der Waals surface area contributed by atoms with E-state index in [0.29, 0.717) is 5.71 Å². The van der Waals surface area contributed by atoms with Gasteiger partial charge < -0.3 is 10.7 Å². The first kappa shape index (κ1) is 12.2. The van der Waals surface area contributed by atoms with Crippen molar-refractivity contribution in [2.45, 2.75) is 27.7 Å². The summed E-state index contributed by atoms with van der Waals surface area (Å²) in [5, 5.41) is 22.2. The number of hydrogen-bond acceptors (Lipinski definition) is 3. The van der Waals surface area contributed by atoms with E-state index in [4.69, 9.17) is 10.8 Å². The van der Waals surface area contributed by atoms with Gasteiger partial charge in [0.05, 0.1) is 5.69 Å². The zero-order valence-corrected chi connectivity index (χ0v) is 10.0. The molecule has 5 nitrogen and oxygen atoms in total. The number of nitrogens with one attached hydrogen (secondary N) is 3. The third-order valence-electron chi connectivity index (χ3n) is 1.97. The number of nitrogens with zero attached hydrogens (tertiary/aromatic N) is 2. The first-order valence-corrected chi connectivity index (χ1v) is 5.03. The zero-order chi connectivity index (χ0) is 12.3. The van der Waals surface area contributed by atoms with Gasteiger partial charge in [0.1, 0.15) is 0 Å². The SMILES string of the molecule is CC(=N)/C=C(/C)NC(=N)n1nc(C)cc1C. The molecule has 0 saturated carbocycles. The quantitative estimate of drug-likeness (QED) is 0.524. The van der Waals surface area contributed by atoms with Gasteiger partial charge in [0.25, 0.3) is 0 Å². The Morgan fingerprint density at radius 2 is 2.00 bits per heavy atom. The second kappa shape index (κ2) is 4.74. The highest BCUT2D eigenvalue weighted by Crippen LogP contribution is 2.01. The van der Waals surface area contributed by atoms with Crippen molar-refractivity contribution in [1.29, 1.82) is 10.8 Å². The Morgan fingerprint density at radius 1 is 1.38 bits per heavy atom. The van der Waals surface area contributed by atoms with E-state index in [9.17, 15) is 0 Å². The number of allylic oxidation sites excluding steroid dienone is 2. The summed E-state index contributed by atoms with van der Waals surface area (Å²) in [5.74, 6) is 0.195. The molecular formula is C11H17N5. The Hall–Kier alpha value is -1.91.